The minimum atomic E-state index is -2.69. The summed E-state index contributed by atoms with van der Waals surface area (Å²) in [6.07, 6.45) is 5.06. The van der Waals surface area contributed by atoms with Crippen LogP contribution in [0, 0.1) is 0 Å². The third-order valence-electron chi connectivity index (χ3n) is 5.41. The molecule has 7 nitrogen and oxygen atoms in total. The van der Waals surface area contributed by atoms with Crippen molar-refractivity contribution in [1.82, 2.24) is 29.4 Å². The number of aryl methyl sites for hydroxylation is 1. The van der Waals surface area contributed by atoms with Crippen LogP contribution >= 0.6 is 0 Å². The number of aromatic nitrogens is 5. The molecular weight excluding hydrogens is 390 g/mol. The highest BCUT2D eigenvalue weighted by molar-refractivity contribution is 5.98. The van der Waals surface area contributed by atoms with Crippen LogP contribution in [0.4, 0.5) is 8.78 Å². The van der Waals surface area contributed by atoms with Crippen LogP contribution in [-0.2, 0) is 20.0 Å². The highest BCUT2D eigenvalue weighted by atomic mass is 19.3. The fourth-order valence-corrected chi connectivity index (χ4v) is 4.01. The van der Waals surface area contributed by atoms with E-state index in [4.69, 9.17) is 0 Å². The van der Waals surface area contributed by atoms with Gasteiger partial charge in [-0.1, -0.05) is 6.07 Å². The number of amides is 1. The number of benzene rings is 1. The summed E-state index contributed by atoms with van der Waals surface area (Å²) in [6.45, 7) is -1.79. The molecule has 0 N–H and O–H groups in total. The zero-order chi connectivity index (χ0) is 20.8. The Hall–Kier alpha value is -3.62. The lowest BCUT2D eigenvalue weighted by Gasteiger charge is -2.26. The minimum absolute atomic E-state index is 0.0656. The second-order valence-corrected chi connectivity index (χ2v) is 7.27. The van der Waals surface area contributed by atoms with Gasteiger partial charge in [0, 0.05) is 48.1 Å². The summed E-state index contributed by atoms with van der Waals surface area (Å²) >= 11 is 0. The molecule has 9 heteroatoms. The number of nitrogens with zero attached hydrogens (tertiary/aromatic N) is 6. The van der Waals surface area contributed by atoms with E-state index in [1.54, 1.807) is 28.9 Å². The Kier molecular flexibility index (Phi) is 4.30. The van der Waals surface area contributed by atoms with E-state index in [0.29, 0.717) is 35.3 Å². The Morgan fingerprint density at radius 1 is 1.23 bits per heavy atom. The predicted octanol–water partition coefficient (Wildman–Crippen LogP) is 3.43. The molecule has 1 aliphatic rings. The van der Waals surface area contributed by atoms with Crippen molar-refractivity contribution in [2.45, 2.75) is 19.5 Å². The second-order valence-electron chi connectivity index (χ2n) is 7.27. The van der Waals surface area contributed by atoms with Crippen molar-refractivity contribution < 1.29 is 13.6 Å². The molecule has 1 aromatic carbocycles. The molecule has 1 aliphatic heterocycles. The van der Waals surface area contributed by atoms with E-state index in [-0.39, 0.29) is 5.91 Å². The summed E-state index contributed by atoms with van der Waals surface area (Å²) in [7, 11) is 1.77. The first-order valence-electron chi connectivity index (χ1n) is 9.53. The Bertz CT molecular complexity index is 1260. The number of carbonyl (C=O) groups is 1. The van der Waals surface area contributed by atoms with Gasteiger partial charge >= 0.3 is 6.55 Å². The van der Waals surface area contributed by atoms with E-state index in [2.05, 4.69) is 15.2 Å². The average Bonchev–Trinajstić information content (AvgIpc) is 3.36. The third-order valence-corrected chi connectivity index (χ3v) is 5.41. The molecule has 5 rings (SSSR count). The minimum Gasteiger partial charge on any atom is -0.332 e. The Labute approximate surface area is 170 Å². The molecule has 0 saturated carbocycles. The van der Waals surface area contributed by atoms with Gasteiger partial charge in [0.15, 0.2) is 0 Å². The number of rotatable bonds is 3. The van der Waals surface area contributed by atoms with E-state index in [9.17, 15) is 13.6 Å². The van der Waals surface area contributed by atoms with Crippen molar-refractivity contribution in [3.63, 3.8) is 0 Å². The molecule has 3 aromatic heterocycles. The number of carbonyl (C=O) groups excluding carboxylic acids is 1. The Balaban J connectivity index is 1.43. The topological polar surface area (TPSA) is 68.8 Å². The summed E-state index contributed by atoms with van der Waals surface area (Å²) in [6, 6.07) is 9.25. The maximum absolute atomic E-state index is 13.1. The van der Waals surface area contributed by atoms with Crippen LogP contribution in [0.15, 0.2) is 48.9 Å². The SMILES string of the molecule is Cn1nc2c(c1-c1cnn(C(F)F)c1)CCN(C(=O)c1ccc3ncccc3c1)C2. The van der Waals surface area contributed by atoms with E-state index in [1.807, 2.05) is 24.3 Å². The zero-order valence-electron chi connectivity index (χ0n) is 16.2. The molecule has 30 heavy (non-hydrogen) atoms. The summed E-state index contributed by atoms with van der Waals surface area (Å²) < 4.78 is 28.1. The van der Waals surface area contributed by atoms with Gasteiger partial charge in [0.05, 0.1) is 29.6 Å². The van der Waals surface area contributed by atoms with Crippen molar-refractivity contribution in [2.24, 2.45) is 7.05 Å². The molecule has 0 saturated heterocycles. The maximum Gasteiger partial charge on any atom is 0.333 e. The molecule has 0 fully saturated rings. The molecule has 4 aromatic rings. The summed E-state index contributed by atoms with van der Waals surface area (Å²) in [5.41, 5.74) is 4.55. The largest absolute Gasteiger partial charge is 0.333 e. The maximum atomic E-state index is 13.1. The lowest BCUT2D eigenvalue weighted by Crippen LogP contribution is -2.36. The zero-order valence-corrected chi connectivity index (χ0v) is 16.2. The predicted molar refractivity (Wildman–Crippen MR) is 106 cm³/mol. The van der Waals surface area contributed by atoms with E-state index in [1.165, 1.54) is 12.4 Å². The molecule has 0 aliphatic carbocycles. The number of pyridine rings is 1. The van der Waals surface area contributed by atoms with E-state index in [0.717, 1.165) is 27.9 Å². The Morgan fingerprint density at radius 2 is 2.10 bits per heavy atom. The van der Waals surface area contributed by atoms with Crippen LogP contribution in [0.25, 0.3) is 22.2 Å². The first-order valence-corrected chi connectivity index (χ1v) is 9.53. The monoisotopic (exact) mass is 408 g/mol. The van der Waals surface area contributed by atoms with Gasteiger partial charge in [-0.3, -0.25) is 14.5 Å². The van der Waals surface area contributed by atoms with Crippen LogP contribution in [0.3, 0.4) is 0 Å². The molecule has 0 unspecified atom stereocenters. The van der Waals surface area contributed by atoms with Crippen LogP contribution < -0.4 is 0 Å². The molecule has 4 heterocycles. The third kappa shape index (κ3) is 3.02. The molecule has 0 bridgehead atoms. The van der Waals surface area contributed by atoms with Crippen LogP contribution in [0.1, 0.15) is 28.2 Å². The molecular formula is C21H18F2N6O. The second kappa shape index (κ2) is 7.01. The van der Waals surface area contributed by atoms with Gasteiger partial charge in [-0.25, -0.2) is 4.68 Å². The smallest absolute Gasteiger partial charge is 0.332 e. The van der Waals surface area contributed by atoms with E-state index < -0.39 is 6.55 Å². The van der Waals surface area contributed by atoms with Gasteiger partial charge in [0.2, 0.25) is 0 Å². The van der Waals surface area contributed by atoms with Gasteiger partial charge in [0.1, 0.15) is 0 Å². The summed E-state index contributed by atoms with van der Waals surface area (Å²) in [4.78, 5) is 19.1. The lowest BCUT2D eigenvalue weighted by atomic mass is 10.0. The number of hydrogen-bond donors (Lipinski definition) is 0. The number of alkyl halides is 2. The first kappa shape index (κ1) is 18.4. The van der Waals surface area contributed by atoms with Gasteiger partial charge in [-0.2, -0.15) is 19.0 Å². The fourth-order valence-electron chi connectivity index (χ4n) is 4.01. The highest BCUT2D eigenvalue weighted by Crippen LogP contribution is 2.31. The lowest BCUT2D eigenvalue weighted by molar-refractivity contribution is 0.0566. The van der Waals surface area contributed by atoms with Crippen molar-refractivity contribution in [3.8, 4) is 11.3 Å². The van der Waals surface area contributed by atoms with Crippen LogP contribution in [0.5, 0.6) is 0 Å². The van der Waals surface area contributed by atoms with Crippen molar-refractivity contribution in [3.05, 3.63) is 65.7 Å². The summed E-state index contributed by atoms with van der Waals surface area (Å²) in [5, 5.41) is 9.19. The first-order chi connectivity index (χ1) is 14.5. The number of fused-ring (bicyclic) bond motifs is 2. The van der Waals surface area contributed by atoms with Crippen LogP contribution in [-0.4, -0.2) is 41.9 Å². The van der Waals surface area contributed by atoms with Crippen LogP contribution in [0.2, 0.25) is 0 Å². The van der Waals surface area contributed by atoms with Crippen molar-refractivity contribution in [2.75, 3.05) is 6.54 Å². The highest BCUT2D eigenvalue weighted by Gasteiger charge is 2.28. The van der Waals surface area contributed by atoms with Crippen molar-refractivity contribution in [1.29, 1.82) is 0 Å². The van der Waals surface area contributed by atoms with Gasteiger partial charge in [0.25, 0.3) is 5.91 Å². The van der Waals surface area contributed by atoms with Gasteiger partial charge in [-0.05, 0) is 30.7 Å². The number of hydrogen-bond acceptors (Lipinski definition) is 4. The molecule has 152 valence electrons. The van der Waals surface area contributed by atoms with E-state index >= 15 is 0 Å². The molecule has 0 spiro atoms. The fraction of sp³-hybridized carbons (Fsp3) is 0.238. The average molecular weight is 408 g/mol. The molecule has 1 amide bonds. The standard InChI is InChI=1S/C21H18F2N6O/c1-27-19(15-10-25-29(11-15)21(22)23)16-6-8-28(12-18(16)26-27)20(30)14-4-5-17-13(9-14)3-2-7-24-17/h2-5,7,9-11,21H,6,8,12H2,1H3. The Morgan fingerprint density at radius 3 is 2.90 bits per heavy atom. The normalized spacial score (nSPS) is 13.8. The summed E-state index contributed by atoms with van der Waals surface area (Å²) in [5.74, 6) is -0.0656. The van der Waals surface area contributed by atoms with Gasteiger partial charge in [-0.15, -0.1) is 0 Å². The van der Waals surface area contributed by atoms with Crippen molar-refractivity contribution >= 4 is 16.8 Å². The quantitative estimate of drug-likeness (QED) is 0.521. The molecule has 0 atom stereocenters. The molecule has 0 radical (unpaired) electrons. The van der Waals surface area contributed by atoms with Gasteiger partial charge < -0.3 is 4.90 Å². The number of halogens is 2.